The van der Waals surface area contributed by atoms with Gasteiger partial charge in [0.2, 0.25) is 0 Å². The molecule has 0 bridgehead atoms. The Morgan fingerprint density at radius 2 is 2.00 bits per heavy atom. The third kappa shape index (κ3) is 2.87. The Hall–Kier alpha value is -1.72. The maximum Gasteiger partial charge on any atom is 0.264 e. The van der Waals surface area contributed by atoms with Crippen LogP contribution in [0.15, 0.2) is 33.7 Å². The molecule has 0 aliphatic carbocycles. The minimum Gasteiger partial charge on any atom is -0.385 e. The lowest BCUT2D eigenvalue weighted by Gasteiger charge is -2.03. The van der Waals surface area contributed by atoms with Crippen LogP contribution >= 0.6 is 0 Å². The molecule has 1 N–H and O–H groups in total. The summed E-state index contributed by atoms with van der Waals surface area (Å²) in [6.07, 6.45) is 0. The standard InChI is InChI=1S/C8H10N4O2S/c1-2-10-7-3-5-8(6-4-7)15(13,14)12-11-9/h3-6,10H,2H2,1H3. The largest absolute Gasteiger partial charge is 0.385 e. The van der Waals surface area contributed by atoms with Crippen LogP contribution in [0.5, 0.6) is 0 Å². The number of hydrogen-bond acceptors (Lipinski definition) is 3. The van der Waals surface area contributed by atoms with Crippen LogP contribution < -0.4 is 5.32 Å². The van der Waals surface area contributed by atoms with Crippen LogP contribution in [0.3, 0.4) is 0 Å². The molecule has 0 aromatic heterocycles. The fourth-order valence-electron chi connectivity index (χ4n) is 1.04. The van der Waals surface area contributed by atoms with E-state index in [0.29, 0.717) is 0 Å². The monoisotopic (exact) mass is 226 g/mol. The minimum absolute atomic E-state index is 0.0121. The molecule has 0 aliphatic rings. The molecule has 7 heteroatoms. The van der Waals surface area contributed by atoms with Gasteiger partial charge in [0.05, 0.1) is 4.90 Å². The average Bonchev–Trinajstić information content (AvgIpc) is 2.19. The van der Waals surface area contributed by atoms with Gasteiger partial charge in [0.25, 0.3) is 10.0 Å². The fraction of sp³-hybridized carbons (Fsp3) is 0.250. The third-order valence-corrected chi connectivity index (χ3v) is 2.83. The number of nitrogens with zero attached hydrogens (tertiary/aromatic N) is 3. The van der Waals surface area contributed by atoms with Crippen LogP contribution in [0.1, 0.15) is 6.92 Å². The predicted molar refractivity (Wildman–Crippen MR) is 56.9 cm³/mol. The van der Waals surface area contributed by atoms with Gasteiger partial charge in [-0.15, -0.1) is 0 Å². The van der Waals surface area contributed by atoms with Crippen molar-refractivity contribution in [3.05, 3.63) is 34.7 Å². The Kier molecular flexibility index (Phi) is 3.54. The van der Waals surface area contributed by atoms with E-state index < -0.39 is 10.0 Å². The third-order valence-electron chi connectivity index (χ3n) is 1.68. The zero-order valence-electron chi connectivity index (χ0n) is 8.08. The van der Waals surface area contributed by atoms with E-state index in [1.165, 1.54) is 12.1 Å². The van der Waals surface area contributed by atoms with E-state index >= 15 is 0 Å². The Morgan fingerprint density at radius 3 is 2.47 bits per heavy atom. The molecule has 0 radical (unpaired) electrons. The fourth-order valence-corrected chi connectivity index (χ4v) is 1.71. The highest BCUT2D eigenvalue weighted by Gasteiger charge is 2.10. The first kappa shape index (κ1) is 11.4. The normalized spacial score (nSPS) is 10.5. The van der Waals surface area contributed by atoms with Gasteiger partial charge in [-0.1, -0.05) is 0 Å². The van der Waals surface area contributed by atoms with E-state index in [1.54, 1.807) is 12.1 Å². The molecule has 80 valence electrons. The quantitative estimate of drug-likeness (QED) is 0.484. The topological polar surface area (TPSA) is 94.9 Å². The molecule has 0 fully saturated rings. The van der Waals surface area contributed by atoms with Crippen molar-refractivity contribution in [1.82, 2.24) is 0 Å². The summed E-state index contributed by atoms with van der Waals surface area (Å²) in [4.78, 5) is 2.25. The highest BCUT2D eigenvalue weighted by Crippen LogP contribution is 2.15. The first-order valence-corrected chi connectivity index (χ1v) is 5.69. The number of azide groups is 1. The Balaban J connectivity index is 3.04. The summed E-state index contributed by atoms with van der Waals surface area (Å²) >= 11 is 0. The number of benzene rings is 1. The molecule has 1 rings (SSSR count). The number of anilines is 1. The Morgan fingerprint density at radius 1 is 1.40 bits per heavy atom. The number of nitrogens with one attached hydrogen (secondary N) is 1. The molecule has 0 saturated carbocycles. The van der Waals surface area contributed by atoms with Crippen molar-refractivity contribution in [3.8, 4) is 0 Å². The second kappa shape index (κ2) is 4.68. The van der Waals surface area contributed by atoms with Crippen molar-refractivity contribution in [2.75, 3.05) is 11.9 Å². The van der Waals surface area contributed by atoms with E-state index in [9.17, 15) is 8.42 Å². The molecule has 6 nitrogen and oxygen atoms in total. The molecule has 0 heterocycles. The van der Waals surface area contributed by atoms with Gasteiger partial charge in [-0.3, -0.25) is 0 Å². The van der Waals surface area contributed by atoms with E-state index in [-0.39, 0.29) is 4.90 Å². The smallest absolute Gasteiger partial charge is 0.264 e. The zero-order valence-corrected chi connectivity index (χ0v) is 8.90. The number of sulfonamides is 1. The summed E-state index contributed by atoms with van der Waals surface area (Å²) in [6, 6.07) is 6.01. The summed E-state index contributed by atoms with van der Waals surface area (Å²) in [5.41, 5.74) is 8.89. The molecule has 0 saturated heterocycles. The van der Waals surface area contributed by atoms with Crippen LogP contribution in [0.25, 0.3) is 10.4 Å². The lowest BCUT2D eigenvalue weighted by molar-refractivity contribution is 0.597. The molecule has 1 aromatic carbocycles. The summed E-state index contributed by atoms with van der Waals surface area (Å²) in [7, 11) is -3.86. The molecule has 0 amide bonds. The van der Waals surface area contributed by atoms with E-state index in [1.807, 2.05) is 6.92 Å². The summed E-state index contributed by atoms with van der Waals surface area (Å²) in [5, 5.41) is 3.02. The van der Waals surface area contributed by atoms with Gasteiger partial charge < -0.3 is 5.32 Å². The SMILES string of the molecule is CCNc1ccc(S(=O)(=O)N=[N+]=[N-])cc1. The van der Waals surface area contributed by atoms with Crippen molar-refractivity contribution < 1.29 is 8.42 Å². The van der Waals surface area contributed by atoms with E-state index in [0.717, 1.165) is 12.2 Å². The summed E-state index contributed by atoms with van der Waals surface area (Å²) < 4.78 is 25.3. The van der Waals surface area contributed by atoms with Crippen LogP contribution in [-0.2, 0) is 10.0 Å². The van der Waals surface area contributed by atoms with Crippen LogP contribution in [0.2, 0.25) is 0 Å². The molecule has 0 spiro atoms. The number of rotatable bonds is 4. The van der Waals surface area contributed by atoms with Gasteiger partial charge in [-0.2, -0.15) is 0 Å². The average molecular weight is 226 g/mol. The van der Waals surface area contributed by atoms with Crippen molar-refractivity contribution in [3.63, 3.8) is 0 Å². The van der Waals surface area contributed by atoms with Gasteiger partial charge in [0.1, 0.15) is 0 Å². The van der Waals surface area contributed by atoms with Crippen LogP contribution in [-0.4, -0.2) is 15.0 Å². The molecule has 0 unspecified atom stereocenters. The van der Waals surface area contributed by atoms with Gasteiger partial charge in [0, 0.05) is 21.7 Å². The molecule has 0 atom stereocenters. The maximum atomic E-state index is 11.3. The summed E-state index contributed by atoms with van der Waals surface area (Å²) in [6.45, 7) is 2.69. The minimum atomic E-state index is -3.86. The summed E-state index contributed by atoms with van der Waals surface area (Å²) in [5.74, 6) is 0. The molecule has 1 aromatic rings. The maximum absolute atomic E-state index is 11.3. The lowest BCUT2D eigenvalue weighted by atomic mass is 10.3. The second-order valence-corrected chi connectivity index (χ2v) is 4.29. The number of hydrogen-bond donors (Lipinski definition) is 1. The Labute approximate surface area is 87.6 Å². The second-order valence-electron chi connectivity index (χ2n) is 2.70. The first-order valence-electron chi connectivity index (χ1n) is 4.25. The lowest BCUT2D eigenvalue weighted by Crippen LogP contribution is -1.98. The van der Waals surface area contributed by atoms with Crippen LogP contribution in [0.4, 0.5) is 5.69 Å². The van der Waals surface area contributed by atoms with Crippen molar-refractivity contribution in [2.24, 2.45) is 4.52 Å². The van der Waals surface area contributed by atoms with Gasteiger partial charge in [0.15, 0.2) is 0 Å². The molecule has 0 aliphatic heterocycles. The van der Waals surface area contributed by atoms with Crippen molar-refractivity contribution in [2.45, 2.75) is 11.8 Å². The van der Waals surface area contributed by atoms with Gasteiger partial charge >= 0.3 is 0 Å². The Bertz CT molecular complexity index is 474. The van der Waals surface area contributed by atoms with Crippen LogP contribution in [0, 0.1) is 0 Å². The zero-order chi connectivity index (χ0) is 11.3. The highest BCUT2D eigenvalue weighted by molar-refractivity contribution is 7.90. The van der Waals surface area contributed by atoms with Crippen molar-refractivity contribution >= 4 is 15.7 Å². The van der Waals surface area contributed by atoms with Crippen molar-refractivity contribution in [1.29, 1.82) is 0 Å². The molecular formula is C8H10N4O2S. The predicted octanol–water partition coefficient (Wildman–Crippen LogP) is 2.12. The van der Waals surface area contributed by atoms with E-state index in [4.69, 9.17) is 5.53 Å². The van der Waals surface area contributed by atoms with E-state index in [2.05, 4.69) is 14.7 Å². The van der Waals surface area contributed by atoms with Gasteiger partial charge in [-0.05, 0) is 36.7 Å². The molecule has 15 heavy (non-hydrogen) atoms. The molecular weight excluding hydrogens is 216 g/mol. The van der Waals surface area contributed by atoms with Gasteiger partial charge in [-0.25, -0.2) is 8.42 Å². The first-order chi connectivity index (χ1) is 7.10. The highest BCUT2D eigenvalue weighted by atomic mass is 32.2.